The maximum absolute atomic E-state index is 13.8. The summed E-state index contributed by atoms with van der Waals surface area (Å²) in [5.41, 5.74) is 4.47. The topological polar surface area (TPSA) is 61.5 Å². The zero-order chi connectivity index (χ0) is 36.3. The van der Waals surface area contributed by atoms with E-state index in [-0.39, 0.29) is 27.3 Å². The van der Waals surface area contributed by atoms with Gasteiger partial charge in [-0.25, -0.2) is 0 Å². The summed E-state index contributed by atoms with van der Waals surface area (Å²) >= 11 is 0. The van der Waals surface area contributed by atoms with Crippen LogP contribution in [0, 0.1) is 27.7 Å². The van der Waals surface area contributed by atoms with E-state index in [1.165, 1.54) is 23.8 Å². The standard InChI is InChI=1S/C26H28F3N3O.C12H10F3NO/c1-16-17(2)30-23-19(6-5-7-21(23)26(27,28)29)24(16)32-15-25(3,4)20-9-8-18(14-22(20)32)31-10-12-33-13-11-31;1-6-7(2)16-10-8(11(6)17)4-3-5-9(10)12(13,14)15/h5-9,14H,10-13,15H2,1-4H3;3-5H,1-2H3,(H,16,17). The molecule has 0 spiro atoms. The molecule has 0 radical (unpaired) electrons. The average molecular weight is 697 g/mol. The Morgan fingerprint density at radius 2 is 1.44 bits per heavy atom. The van der Waals surface area contributed by atoms with Gasteiger partial charge in [-0.3, -0.25) is 9.78 Å². The number of alkyl halides is 6. The number of hydrogen-bond donors (Lipinski definition) is 1. The van der Waals surface area contributed by atoms with E-state index in [1.54, 1.807) is 26.8 Å². The number of aryl methyl sites for hydroxylation is 2. The minimum Gasteiger partial charge on any atom is -0.378 e. The second-order valence-corrected chi connectivity index (χ2v) is 13.6. The highest BCUT2D eigenvalue weighted by atomic mass is 19.4. The molecule has 1 fully saturated rings. The van der Waals surface area contributed by atoms with Gasteiger partial charge in [-0.1, -0.05) is 38.1 Å². The first-order valence-electron chi connectivity index (χ1n) is 16.3. The van der Waals surface area contributed by atoms with Gasteiger partial charge in [0.1, 0.15) is 0 Å². The number of ether oxygens (including phenoxy) is 1. The molecule has 2 aromatic heterocycles. The third-order valence-electron chi connectivity index (χ3n) is 9.80. The number of fused-ring (bicyclic) bond motifs is 3. The Labute approximate surface area is 285 Å². The molecule has 2 aliphatic heterocycles. The molecule has 0 saturated carbocycles. The summed E-state index contributed by atoms with van der Waals surface area (Å²) in [5.74, 6) is 0. The lowest BCUT2D eigenvalue weighted by Crippen LogP contribution is -2.36. The molecular formula is C38H38F6N4O2. The van der Waals surface area contributed by atoms with Crippen LogP contribution in [-0.2, 0) is 22.5 Å². The van der Waals surface area contributed by atoms with Crippen LogP contribution in [0.5, 0.6) is 0 Å². The van der Waals surface area contributed by atoms with Crippen LogP contribution in [0.3, 0.4) is 0 Å². The monoisotopic (exact) mass is 696 g/mol. The number of benzene rings is 3. The highest BCUT2D eigenvalue weighted by molar-refractivity contribution is 5.99. The van der Waals surface area contributed by atoms with Crippen LogP contribution in [0.25, 0.3) is 21.8 Å². The van der Waals surface area contributed by atoms with E-state index >= 15 is 0 Å². The Balaban J connectivity index is 0.000000214. The summed E-state index contributed by atoms with van der Waals surface area (Å²) in [6, 6.07) is 14.5. The number of H-pyrrole nitrogens is 1. The predicted octanol–water partition coefficient (Wildman–Crippen LogP) is 9.30. The second kappa shape index (κ2) is 12.6. The Bertz CT molecular complexity index is 2160. The van der Waals surface area contributed by atoms with Crippen molar-refractivity contribution in [3.63, 3.8) is 0 Å². The van der Waals surface area contributed by atoms with Crippen LogP contribution in [0.2, 0.25) is 0 Å². The maximum Gasteiger partial charge on any atom is 0.418 e. The van der Waals surface area contributed by atoms with Gasteiger partial charge in [-0.05, 0) is 69.2 Å². The predicted molar refractivity (Wildman–Crippen MR) is 185 cm³/mol. The average Bonchev–Trinajstić information content (AvgIpc) is 3.32. The number of aromatic nitrogens is 2. The normalized spacial score (nSPS) is 16.1. The highest BCUT2D eigenvalue weighted by Gasteiger charge is 2.39. The zero-order valence-corrected chi connectivity index (χ0v) is 28.7. The molecule has 0 bridgehead atoms. The van der Waals surface area contributed by atoms with Crippen molar-refractivity contribution in [1.29, 1.82) is 0 Å². The molecule has 264 valence electrons. The fraction of sp³-hybridized carbons (Fsp3) is 0.368. The lowest BCUT2D eigenvalue weighted by Gasteiger charge is -2.30. The minimum atomic E-state index is -4.47. The number of halogens is 6. The van der Waals surface area contributed by atoms with Crippen molar-refractivity contribution in [2.75, 3.05) is 42.6 Å². The molecule has 2 aliphatic rings. The quantitative estimate of drug-likeness (QED) is 0.187. The van der Waals surface area contributed by atoms with E-state index < -0.39 is 23.5 Å². The zero-order valence-electron chi connectivity index (χ0n) is 28.7. The number of nitrogens with zero attached hydrogens (tertiary/aromatic N) is 3. The number of aromatic amines is 1. The summed E-state index contributed by atoms with van der Waals surface area (Å²) in [7, 11) is 0. The second-order valence-electron chi connectivity index (χ2n) is 13.6. The SMILES string of the molecule is Cc1[nH]c2c(C(F)(F)F)cccc2c(=O)c1C.Cc1nc2c(C(F)(F)F)cccc2c(N2CC(C)(C)c3ccc(N4CCOCC4)cc32)c1C. The van der Waals surface area contributed by atoms with Gasteiger partial charge in [-0.15, -0.1) is 0 Å². The van der Waals surface area contributed by atoms with Gasteiger partial charge in [0.15, 0.2) is 5.43 Å². The molecule has 0 aliphatic carbocycles. The molecule has 1 N–H and O–H groups in total. The number of morpholine rings is 1. The van der Waals surface area contributed by atoms with Crippen LogP contribution in [0.1, 0.15) is 53.1 Å². The van der Waals surface area contributed by atoms with E-state index in [0.717, 1.165) is 47.8 Å². The maximum atomic E-state index is 13.8. The fourth-order valence-electron chi connectivity index (χ4n) is 6.92. The molecule has 0 amide bonds. The van der Waals surface area contributed by atoms with E-state index in [1.807, 2.05) is 6.92 Å². The summed E-state index contributed by atoms with van der Waals surface area (Å²) in [4.78, 5) is 23.4. The summed E-state index contributed by atoms with van der Waals surface area (Å²) in [6.45, 7) is 15.0. The van der Waals surface area contributed by atoms with Crippen LogP contribution < -0.4 is 15.2 Å². The first-order chi connectivity index (χ1) is 23.4. The number of nitrogens with one attached hydrogen (secondary N) is 1. The molecule has 1 saturated heterocycles. The van der Waals surface area contributed by atoms with Gasteiger partial charge in [-0.2, -0.15) is 26.3 Å². The van der Waals surface area contributed by atoms with Crippen molar-refractivity contribution >= 4 is 38.9 Å². The Morgan fingerprint density at radius 1 is 0.820 bits per heavy atom. The van der Waals surface area contributed by atoms with Crippen molar-refractivity contribution in [2.45, 2.75) is 59.3 Å². The smallest absolute Gasteiger partial charge is 0.378 e. The van der Waals surface area contributed by atoms with Gasteiger partial charge < -0.3 is 19.5 Å². The van der Waals surface area contributed by atoms with E-state index in [9.17, 15) is 31.1 Å². The van der Waals surface area contributed by atoms with Gasteiger partial charge >= 0.3 is 12.4 Å². The fourth-order valence-corrected chi connectivity index (χ4v) is 6.92. The molecule has 0 unspecified atom stereocenters. The van der Waals surface area contributed by atoms with E-state index in [2.05, 4.69) is 51.8 Å². The third-order valence-corrected chi connectivity index (χ3v) is 9.80. The van der Waals surface area contributed by atoms with Crippen molar-refractivity contribution in [3.05, 3.63) is 104 Å². The first kappa shape index (κ1) is 35.3. The Morgan fingerprint density at radius 3 is 2.08 bits per heavy atom. The lowest BCUT2D eigenvalue weighted by atomic mass is 9.87. The highest BCUT2D eigenvalue weighted by Crippen LogP contribution is 2.49. The van der Waals surface area contributed by atoms with Crippen molar-refractivity contribution in [2.24, 2.45) is 0 Å². The van der Waals surface area contributed by atoms with Crippen molar-refractivity contribution in [3.8, 4) is 0 Å². The molecule has 0 atom stereocenters. The van der Waals surface area contributed by atoms with Crippen LogP contribution in [0.4, 0.5) is 43.4 Å². The van der Waals surface area contributed by atoms with Gasteiger partial charge in [0.2, 0.25) is 0 Å². The van der Waals surface area contributed by atoms with Crippen molar-refractivity contribution in [1.82, 2.24) is 9.97 Å². The molecule has 5 aromatic rings. The first-order valence-corrected chi connectivity index (χ1v) is 16.3. The summed E-state index contributed by atoms with van der Waals surface area (Å²) < 4.78 is 85.2. The molecule has 4 heterocycles. The number of hydrogen-bond acceptors (Lipinski definition) is 5. The summed E-state index contributed by atoms with van der Waals surface area (Å²) in [5, 5.41) is 0.608. The number of para-hydroxylation sites is 2. The van der Waals surface area contributed by atoms with Crippen LogP contribution >= 0.6 is 0 Å². The van der Waals surface area contributed by atoms with E-state index in [4.69, 9.17) is 4.74 Å². The van der Waals surface area contributed by atoms with Gasteiger partial charge in [0.25, 0.3) is 0 Å². The van der Waals surface area contributed by atoms with Crippen LogP contribution in [0.15, 0.2) is 59.4 Å². The molecule has 50 heavy (non-hydrogen) atoms. The van der Waals surface area contributed by atoms with E-state index in [0.29, 0.717) is 42.1 Å². The number of anilines is 3. The largest absolute Gasteiger partial charge is 0.418 e. The minimum absolute atomic E-state index is 0.0127. The molecular weight excluding hydrogens is 658 g/mol. The summed E-state index contributed by atoms with van der Waals surface area (Å²) in [6.07, 6.45) is -8.93. The van der Waals surface area contributed by atoms with Crippen molar-refractivity contribution < 1.29 is 31.1 Å². The lowest BCUT2D eigenvalue weighted by molar-refractivity contribution is -0.137. The molecule has 7 rings (SSSR count). The van der Waals surface area contributed by atoms with Gasteiger partial charge in [0.05, 0.1) is 41.1 Å². The number of pyridine rings is 2. The molecule has 12 heteroatoms. The Hall–Kier alpha value is -4.58. The molecule has 3 aromatic carbocycles. The van der Waals surface area contributed by atoms with Gasteiger partial charge in [0, 0.05) is 64.1 Å². The third kappa shape index (κ3) is 6.29. The molecule has 6 nitrogen and oxygen atoms in total. The number of rotatable bonds is 2. The van der Waals surface area contributed by atoms with Crippen LogP contribution in [-0.4, -0.2) is 42.8 Å². The Kier molecular flexibility index (Phi) is 8.91.